The zero-order valence-corrected chi connectivity index (χ0v) is 11.1. The number of hydrogen-bond acceptors (Lipinski definition) is 2. The SMILES string of the molecule is CCCOc1ccc(NCC2CCC2)cc1Cl. The van der Waals surface area contributed by atoms with E-state index in [1.165, 1.54) is 19.3 Å². The number of ether oxygens (including phenoxy) is 1. The molecule has 3 heteroatoms. The molecule has 1 N–H and O–H groups in total. The lowest BCUT2D eigenvalue weighted by atomic mass is 9.85. The molecule has 0 amide bonds. The lowest BCUT2D eigenvalue weighted by Gasteiger charge is -2.26. The van der Waals surface area contributed by atoms with Crippen LogP contribution in [0.15, 0.2) is 18.2 Å². The Bertz CT molecular complexity index is 363. The van der Waals surface area contributed by atoms with Crippen LogP contribution in [-0.2, 0) is 0 Å². The number of benzene rings is 1. The maximum absolute atomic E-state index is 6.16. The van der Waals surface area contributed by atoms with Crippen LogP contribution >= 0.6 is 11.6 Å². The Morgan fingerprint density at radius 2 is 2.24 bits per heavy atom. The molecule has 0 aromatic heterocycles. The molecule has 17 heavy (non-hydrogen) atoms. The second-order valence-electron chi connectivity index (χ2n) is 4.67. The van der Waals surface area contributed by atoms with Gasteiger partial charge in [-0.2, -0.15) is 0 Å². The first-order chi connectivity index (χ1) is 8.29. The number of anilines is 1. The molecule has 2 nitrogen and oxygen atoms in total. The molecule has 0 atom stereocenters. The molecule has 0 heterocycles. The summed E-state index contributed by atoms with van der Waals surface area (Å²) in [5.74, 6) is 1.63. The topological polar surface area (TPSA) is 21.3 Å². The molecule has 0 unspecified atom stereocenters. The molecule has 1 aliphatic rings. The first-order valence-corrected chi connectivity index (χ1v) is 6.83. The largest absolute Gasteiger partial charge is 0.492 e. The van der Waals surface area contributed by atoms with Crippen LogP contribution in [0.1, 0.15) is 32.6 Å². The summed E-state index contributed by atoms with van der Waals surface area (Å²) in [7, 11) is 0. The number of rotatable bonds is 6. The van der Waals surface area contributed by atoms with Crippen LogP contribution in [0.2, 0.25) is 5.02 Å². The van der Waals surface area contributed by atoms with Crippen LogP contribution in [0.3, 0.4) is 0 Å². The van der Waals surface area contributed by atoms with Crippen molar-refractivity contribution >= 4 is 17.3 Å². The standard InChI is InChI=1S/C14H20ClNO/c1-2-8-17-14-7-6-12(9-13(14)15)16-10-11-4-3-5-11/h6-7,9,11,16H,2-5,8,10H2,1H3. The lowest BCUT2D eigenvalue weighted by molar-refractivity contribution is 0.317. The first kappa shape index (κ1) is 12.6. The monoisotopic (exact) mass is 253 g/mol. The Labute approximate surface area is 108 Å². The van der Waals surface area contributed by atoms with Crippen molar-refractivity contribution in [3.05, 3.63) is 23.2 Å². The van der Waals surface area contributed by atoms with Crippen LogP contribution in [-0.4, -0.2) is 13.2 Å². The maximum Gasteiger partial charge on any atom is 0.138 e. The molecule has 0 bridgehead atoms. The molecule has 1 fully saturated rings. The molecule has 1 aliphatic carbocycles. The average molecular weight is 254 g/mol. The quantitative estimate of drug-likeness (QED) is 0.814. The van der Waals surface area contributed by atoms with Crippen LogP contribution in [0.25, 0.3) is 0 Å². The third-order valence-corrected chi connectivity index (χ3v) is 3.51. The second-order valence-corrected chi connectivity index (χ2v) is 5.08. The van der Waals surface area contributed by atoms with Crippen LogP contribution in [0.5, 0.6) is 5.75 Å². The van der Waals surface area contributed by atoms with Gasteiger partial charge in [0.25, 0.3) is 0 Å². The highest BCUT2D eigenvalue weighted by Crippen LogP contribution is 2.30. The summed E-state index contributed by atoms with van der Waals surface area (Å²) in [5.41, 5.74) is 1.09. The highest BCUT2D eigenvalue weighted by Gasteiger charge is 2.16. The van der Waals surface area contributed by atoms with E-state index >= 15 is 0 Å². The van der Waals surface area contributed by atoms with E-state index in [0.717, 1.165) is 30.3 Å². The van der Waals surface area contributed by atoms with Gasteiger partial charge < -0.3 is 10.1 Å². The maximum atomic E-state index is 6.16. The van der Waals surface area contributed by atoms with E-state index in [4.69, 9.17) is 16.3 Å². The predicted octanol–water partition coefficient (Wildman–Crippen LogP) is 4.34. The predicted molar refractivity (Wildman–Crippen MR) is 73.1 cm³/mol. The van der Waals surface area contributed by atoms with Gasteiger partial charge in [0.1, 0.15) is 5.75 Å². The number of nitrogens with one attached hydrogen (secondary N) is 1. The third-order valence-electron chi connectivity index (χ3n) is 3.21. The van der Waals surface area contributed by atoms with Gasteiger partial charge in [0.2, 0.25) is 0 Å². The van der Waals surface area contributed by atoms with Gasteiger partial charge in [0.15, 0.2) is 0 Å². The van der Waals surface area contributed by atoms with Crippen molar-refractivity contribution in [3.63, 3.8) is 0 Å². The molecular formula is C14H20ClNO. The van der Waals surface area contributed by atoms with Crippen molar-refractivity contribution in [1.82, 2.24) is 0 Å². The van der Waals surface area contributed by atoms with Gasteiger partial charge in [0.05, 0.1) is 11.6 Å². The van der Waals surface area contributed by atoms with E-state index in [-0.39, 0.29) is 0 Å². The Balaban J connectivity index is 1.87. The van der Waals surface area contributed by atoms with E-state index < -0.39 is 0 Å². The van der Waals surface area contributed by atoms with Gasteiger partial charge in [-0.25, -0.2) is 0 Å². The van der Waals surface area contributed by atoms with E-state index in [0.29, 0.717) is 11.6 Å². The minimum Gasteiger partial charge on any atom is -0.492 e. The van der Waals surface area contributed by atoms with E-state index in [1.54, 1.807) is 0 Å². The molecule has 1 saturated carbocycles. The van der Waals surface area contributed by atoms with Crippen LogP contribution < -0.4 is 10.1 Å². The van der Waals surface area contributed by atoms with Gasteiger partial charge in [-0.1, -0.05) is 24.9 Å². The highest BCUT2D eigenvalue weighted by atomic mass is 35.5. The fourth-order valence-electron chi connectivity index (χ4n) is 1.90. The second kappa shape index (κ2) is 6.15. The Kier molecular flexibility index (Phi) is 4.55. The normalized spacial score (nSPS) is 15.4. The third kappa shape index (κ3) is 3.53. The summed E-state index contributed by atoms with van der Waals surface area (Å²) >= 11 is 6.16. The van der Waals surface area contributed by atoms with E-state index in [2.05, 4.69) is 12.2 Å². The molecule has 94 valence electrons. The van der Waals surface area contributed by atoms with Gasteiger partial charge in [-0.15, -0.1) is 0 Å². The van der Waals surface area contributed by atoms with Crippen molar-refractivity contribution < 1.29 is 4.74 Å². The summed E-state index contributed by atoms with van der Waals surface area (Å²) in [6.45, 7) is 3.86. The minimum atomic E-state index is 0.692. The molecule has 2 rings (SSSR count). The van der Waals surface area contributed by atoms with E-state index in [9.17, 15) is 0 Å². The average Bonchev–Trinajstić information content (AvgIpc) is 2.26. The van der Waals surface area contributed by atoms with Gasteiger partial charge >= 0.3 is 0 Å². The number of hydrogen-bond donors (Lipinski definition) is 1. The molecule has 0 aliphatic heterocycles. The summed E-state index contributed by atoms with van der Waals surface area (Å²) in [5, 5.41) is 4.12. The molecule has 0 spiro atoms. The zero-order chi connectivity index (χ0) is 12.1. The van der Waals surface area contributed by atoms with Crippen molar-refractivity contribution in [2.75, 3.05) is 18.5 Å². The van der Waals surface area contributed by atoms with Gasteiger partial charge in [-0.3, -0.25) is 0 Å². The van der Waals surface area contributed by atoms with Crippen molar-refractivity contribution in [1.29, 1.82) is 0 Å². The molecule has 0 saturated heterocycles. The fourth-order valence-corrected chi connectivity index (χ4v) is 2.13. The summed E-state index contributed by atoms with van der Waals surface area (Å²) in [4.78, 5) is 0. The smallest absolute Gasteiger partial charge is 0.138 e. The van der Waals surface area contributed by atoms with Crippen molar-refractivity contribution in [3.8, 4) is 5.75 Å². The molecule has 1 aromatic rings. The van der Waals surface area contributed by atoms with Crippen LogP contribution in [0, 0.1) is 5.92 Å². The molecule has 0 radical (unpaired) electrons. The van der Waals surface area contributed by atoms with Gasteiger partial charge in [0, 0.05) is 12.2 Å². The number of halogens is 1. The fraction of sp³-hybridized carbons (Fsp3) is 0.571. The van der Waals surface area contributed by atoms with Gasteiger partial charge in [-0.05, 0) is 43.4 Å². The summed E-state index contributed by atoms with van der Waals surface area (Å²) < 4.78 is 5.54. The van der Waals surface area contributed by atoms with E-state index in [1.807, 2.05) is 18.2 Å². The Morgan fingerprint density at radius 3 is 2.82 bits per heavy atom. The summed E-state index contributed by atoms with van der Waals surface area (Å²) in [6.07, 6.45) is 5.10. The molecule has 1 aromatic carbocycles. The van der Waals surface area contributed by atoms with Crippen LogP contribution in [0.4, 0.5) is 5.69 Å². The minimum absolute atomic E-state index is 0.692. The van der Waals surface area contributed by atoms with Crippen molar-refractivity contribution in [2.24, 2.45) is 5.92 Å². The van der Waals surface area contributed by atoms with Crippen molar-refractivity contribution in [2.45, 2.75) is 32.6 Å². The Hall–Kier alpha value is -0.890. The Morgan fingerprint density at radius 1 is 1.41 bits per heavy atom. The zero-order valence-electron chi connectivity index (χ0n) is 10.3. The lowest BCUT2D eigenvalue weighted by Crippen LogP contribution is -2.20. The summed E-state index contributed by atoms with van der Waals surface area (Å²) in [6, 6.07) is 5.93. The highest BCUT2D eigenvalue weighted by molar-refractivity contribution is 6.32. The first-order valence-electron chi connectivity index (χ1n) is 6.46. The molecular weight excluding hydrogens is 234 g/mol.